The van der Waals surface area contributed by atoms with Crippen molar-refractivity contribution in [3.63, 3.8) is 0 Å². The van der Waals surface area contributed by atoms with Crippen molar-refractivity contribution in [1.29, 1.82) is 0 Å². The molecule has 1 aliphatic heterocycles. The number of rotatable bonds is 4. The molecular weight excluding hydrogens is 390 g/mol. The van der Waals surface area contributed by atoms with E-state index in [2.05, 4.69) is 36.3 Å². The molecular formula is C21H27N3O2S2. The zero-order valence-electron chi connectivity index (χ0n) is 17.0. The van der Waals surface area contributed by atoms with Crippen LogP contribution in [0.5, 0.6) is 0 Å². The number of benzene rings is 1. The maximum absolute atomic E-state index is 13.0. The van der Waals surface area contributed by atoms with Crippen LogP contribution in [0.1, 0.15) is 56.6 Å². The molecule has 150 valence electrons. The van der Waals surface area contributed by atoms with Crippen LogP contribution in [0.3, 0.4) is 0 Å². The van der Waals surface area contributed by atoms with E-state index in [1.165, 1.54) is 16.9 Å². The first kappa shape index (κ1) is 20.9. The number of hydrogen-bond acceptors (Lipinski definition) is 5. The summed E-state index contributed by atoms with van der Waals surface area (Å²) in [4.78, 5) is 31.8. The first-order valence-corrected chi connectivity index (χ1v) is 11.5. The molecule has 1 N–H and O–H groups in total. The zero-order chi connectivity index (χ0) is 20.5. The normalized spacial score (nSPS) is 17.2. The Kier molecular flexibility index (Phi) is 6.15. The van der Waals surface area contributed by atoms with E-state index < -0.39 is 6.04 Å². The summed E-state index contributed by atoms with van der Waals surface area (Å²) in [6.45, 7) is 10.1. The summed E-state index contributed by atoms with van der Waals surface area (Å²) in [5.41, 5.74) is 2.36. The molecule has 0 spiro atoms. The van der Waals surface area contributed by atoms with E-state index >= 15 is 0 Å². The maximum Gasteiger partial charge on any atom is 0.274 e. The highest BCUT2D eigenvalue weighted by molar-refractivity contribution is 7.99. The summed E-state index contributed by atoms with van der Waals surface area (Å²) in [5, 5.41) is 5.59. The summed E-state index contributed by atoms with van der Waals surface area (Å²) in [6, 6.07) is 7.86. The lowest BCUT2D eigenvalue weighted by Gasteiger charge is -2.27. The van der Waals surface area contributed by atoms with Gasteiger partial charge in [-0.2, -0.15) is 0 Å². The van der Waals surface area contributed by atoms with Crippen molar-refractivity contribution in [2.75, 3.05) is 11.6 Å². The molecule has 1 aliphatic rings. The molecule has 0 aliphatic carbocycles. The summed E-state index contributed by atoms with van der Waals surface area (Å²) in [6.07, 6.45) is 0. The molecule has 1 aromatic heterocycles. The Morgan fingerprint density at radius 3 is 2.50 bits per heavy atom. The SMILES string of the molecule is CC(C)c1ccc(-c2nc(C(=O)N3CSCC3C(=O)NC(C)(C)C)cs2)cc1. The third-order valence-corrected chi connectivity index (χ3v) is 6.40. The van der Waals surface area contributed by atoms with Crippen molar-refractivity contribution in [3.05, 3.63) is 40.9 Å². The van der Waals surface area contributed by atoms with E-state index in [9.17, 15) is 9.59 Å². The van der Waals surface area contributed by atoms with Crippen molar-refractivity contribution < 1.29 is 9.59 Å². The standard InChI is InChI=1S/C21H27N3O2S2/c1-13(2)14-6-8-15(9-7-14)19-22-16(10-28-19)20(26)24-12-27-11-17(24)18(25)23-21(3,4)5/h6-10,13,17H,11-12H2,1-5H3,(H,23,25). The lowest BCUT2D eigenvalue weighted by Crippen LogP contribution is -2.52. The van der Waals surface area contributed by atoms with E-state index in [4.69, 9.17) is 0 Å². The van der Waals surface area contributed by atoms with Crippen LogP contribution in [0.15, 0.2) is 29.6 Å². The molecule has 5 nitrogen and oxygen atoms in total. The first-order valence-electron chi connectivity index (χ1n) is 9.42. The topological polar surface area (TPSA) is 62.3 Å². The molecule has 1 aromatic carbocycles. The Balaban J connectivity index is 1.75. The van der Waals surface area contributed by atoms with Gasteiger partial charge in [-0.3, -0.25) is 9.59 Å². The van der Waals surface area contributed by atoms with Crippen molar-refractivity contribution in [3.8, 4) is 10.6 Å². The average molecular weight is 418 g/mol. The number of carbonyl (C=O) groups is 2. The molecule has 1 unspecified atom stereocenters. The number of hydrogen-bond donors (Lipinski definition) is 1. The highest BCUT2D eigenvalue weighted by Crippen LogP contribution is 2.28. The van der Waals surface area contributed by atoms with Gasteiger partial charge in [-0.25, -0.2) is 4.98 Å². The Bertz CT molecular complexity index is 853. The Hall–Kier alpha value is -1.86. The van der Waals surface area contributed by atoms with Gasteiger partial charge in [-0.05, 0) is 32.3 Å². The molecule has 2 heterocycles. The third kappa shape index (κ3) is 4.75. The van der Waals surface area contributed by atoms with E-state index in [-0.39, 0.29) is 17.4 Å². The molecule has 2 aromatic rings. The Morgan fingerprint density at radius 1 is 1.21 bits per heavy atom. The fourth-order valence-corrected chi connectivity index (χ4v) is 4.93. The number of amides is 2. The number of aromatic nitrogens is 1. The minimum Gasteiger partial charge on any atom is -0.350 e. The molecule has 1 saturated heterocycles. The highest BCUT2D eigenvalue weighted by atomic mass is 32.2. The lowest BCUT2D eigenvalue weighted by molar-refractivity contribution is -0.125. The van der Waals surface area contributed by atoms with Gasteiger partial charge >= 0.3 is 0 Å². The van der Waals surface area contributed by atoms with Crippen LogP contribution in [0.4, 0.5) is 0 Å². The van der Waals surface area contributed by atoms with Gasteiger partial charge in [0.1, 0.15) is 16.7 Å². The van der Waals surface area contributed by atoms with Crippen LogP contribution in [0.25, 0.3) is 10.6 Å². The second-order valence-corrected chi connectivity index (χ2v) is 10.2. The van der Waals surface area contributed by atoms with E-state index in [1.54, 1.807) is 22.0 Å². The maximum atomic E-state index is 13.0. The Morgan fingerprint density at radius 2 is 1.89 bits per heavy atom. The van der Waals surface area contributed by atoms with E-state index in [0.717, 1.165) is 10.6 Å². The number of thioether (sulfide) groups is 1. The van der Waals surface area contributed by atoms with Crippen molar-refractivity contribution >= 4 is 34.9 Å². The molecule has 0 bridgehead atoms. The number of carbonyl (C=O) groups excluding carboxylic acids is 2. The van der Waals surface area contributed by atoms with Crippen molar-refractivity contribution in [2.45, 2.75) is 52.1 Å². The fraction of sp³-hybridized carbons (Fsp3) is 0.476. The van der Waals surface area contributed by atoms with Crippen LogP contribution in [0, 0.1) is 0 Å². The number of nitrogens with one attached hydrogen (secondary N) is 1. The predicted octanol–water partition coefficient (Wildman–Crippen LogP) is 4.36. The van der Waals surface area contributed by atoms with Gasteiger partial charge in [0.05, 0.1) is 5.88 Å². The van der Waals surface area contributed by atoms with Crippen LogP contribution in [-0.4, -0.2) is 44.9 Å². The second-order valence-electron chi connectivity index (χ2n) is 8.34. The monoisotopic (exact) mass is 417 g/mol. The molecule has 3 rings (SSSR count). The van der Waals surface area contributed by atoms with Crippen molar-refractivity contribution in [1.82, 2.24) is 15.2 Å². The van der Waals surface area contributed by atoms with Gasteiger partial charge in [-0.15, -0.1) is 23.1 Å². The number of thiazole rings is 1. The summed E-state index contributed by atoms with van der Waals surface area (Å²) in [7, 11) is 0. The smallest absolute Gasteiger partial charge is 0.274 e. The first-order chi connectivity index (χ1) is 13.2. The highest BCUT2D eigenvalue weighted by Gasteiger charge is 2.37. The molecule has 0 radical (unpaired) electrons. The van der Waals surface area contributed by atoms with Gasteiger partial charge in [0.25, 0.3) is 5.91 Å². The number of nitrogens with zero attached hydrogens (tertiary/aromatic N) is 2. The largest absolute Gasteiger partial charge is 0.350 e. The van der Waals surface area contributed by atoms with Gasteiger partial charge < -0.3 is 10.2 Å². The average Bonchev–Trinajstić information content (AvgIpc) is 3.29. The second kappa shape index (κ2) is 8.25. The summed E-state index contributed by atoms with van der Waals surface area (Å²) < 4.78 is 0. The van der Waals surface area contributed by atoms with Crippen LogP contribution < -0.4 is 5.32 Å². The third-order valence-electron chi connectivity index (χ3n) is 4.49. The molecule has 7 heteroatoms. The zero-order valence-corrected chi connectivity index (χ0v) is 18.6. The van der Waals surface area contributed by atoms with Crippen molar-refractivity contribution in [2.24, 2.45) is 0 Å². The van der Waals surface area contributed by atoms with Gasteiger partial charge in [0, 0.05) is 22.2 Å². The van der Waals surface area contributed by atoms with Crippen LogP contribution >= 0.6 is 23.1 Å². The molecule has 1 fully saturated rings. The van der Waals surface area contributed by atoms with E-state index in [1.807, 2.05) is 32.9 Å². The minimum atomic E-state index is -0.452. The summed E-state index contributed by atoms with van der Waals surface area (Å²) >= 11 is 3.05. The molecule has 2 amide bonds. The summed E-state index contributed by atoms with van der Waals surface area (Å²) in [5.74, 6) is 1.32. The molecule has 1 atom stereocenters. The van der Waals surface area contributed by atoms with E-state index in [0.29, 0.717) is 23.2 Å². The fourth-order valence-electron chi connectivity index (χ4n) is 2.98. The Labute approximate surface area is 174 Å². The minimum absolute atomic E-state index is 0.106. The van der Waals surface area contributed by atoms with Gasteiger partial charge in [0.15, 0.2) is 0 Å². The van der Waals surface area contributed by atoms with Crippen LogP contribution in [-0.2, 0) is 4.79 Å². The molecule has 0 saturated carbocycles. The lowest BCUT2D eigenvalue weighted by atomic mass is 10.0. The van der Waals surface area contributed by atoms with Crippen LogP contribution in [0.2, 0.25) is 0 Å². The molecule has 28 heavy (non-hydrogen) atoms. The quantitative estimate of drug-likeness (QED) is 0.803. The van der Waals surface area contributed by atoms with Gasteiger partial charge in [0.2, 0.25) is 5.91 Å². The van der Waals surface area contributed by atoms with Gasteiger partial charge in [-0.1, -0.05) is 38.1 Å². The predicted molar refractivity (Wildman–Crippen MR) is 117 cm³/mol.